The van der Waals surface area contributed by atoms with Crippen LogP contribution in [-0.2, 0) is 22.9 Å². The highest BCUT2D eigenvalue weighted by atomic mass is 28.3. The highest BCUT2D eigenvalue weighted by Crippen LogP contribution is 2.29. The van der Waals surface area contributed by atoms with Gasteiger partial charge in [0.15, 0.2) is 5.82 Å². The third-order valence-corrected chi connectivity index (χ3v) is 9.02. The molecule has 0 aliphatic carbocycles. The molecule has 7 nitrogen and oxygen atoms in total. The first kappa shape index (κ1) is 26.4. The lowest BCUT2D eigenvalue weighted by atomic mass is 10.2. The molecule has 0 N–H and O–H groups in total. The SMILES string of the molecule is C=Cc1cn(COCC[Si](C)(C)C)nc1-c1nc2ccc(OC)cc2n1COCC[Si](C)(C)C. The van der Waals surface area contributed by atoms with E-state index in [1.807, 2.05) is 35.2 Å². The van der Waals surface area contributed by atoms with Crippen molar-refractivity contribution in [2.24, 2.45) is 0 Å². The van der Waals surface area contributed by atoms with Gasteiger partial charge in [0.1, 0.15) is 24.9 Å². The largest absolute Gasteiger partial charge is 0.497 e. The molecule has 0 bridgehead atoms. The standard InChI is InChI=1S/C25H40N4O3Si2/c1-9-20-17-28(18-31-12-14-33(3,4)5)27-24(20)25-26-22-11-10-21(30-2)16-23(22)29(25)19-32-13-15-34(6,7)8/h9-11,16-17H,1,12-15,18-19H2,2-8H3. The van der Waals surface area contributed by atoms with Gasteiger partial charge in [-0.2, -0.15) is 5.10 Å². The molecule has 0 aliphatic heterocycles. The fourth-order valence-electron chi connectivity index (χ4n) is 3.44. The minimum absolute atomic E-state index is 0.402. The first-order valence-corrected chi connectivity index (χ1v) is 19.3. The van der Waals surface area contributed by atoms with E-state index in [4.69, 9.17) is 24.3 Å². The molecule has 0 aliphatic rings. The summed E-state index contributed by atoms with van der Waals surface area (Å²) < 4.78 is 21.4. The summed E-state index contributed by atoms with van der Waals surface area (Å²) in [4.78, 5) is 4.91. The highest BCUT2D eigenvalue weighted by molar-refractivity contribution is 6.76. The maximum absolute atomic E-state index is 6.13. The molecule has 0 saturated carbocycles. The van der Waals surface area contributed by atoms with Crippen molar-refractivity contribution >= 4 is 33.3 Å². The van der Waals surface area contributed by atoms with Crippen molar-refractivity contribution in [2.45, 2.75) is 64.8 Å². The first-order chi connectivity index (χ1) is 16.0. The van der Waals surface area contributed by atoms with Crippen LogP contribution in [0.3, 0.4) is 0 Å². The van der Waals surface area contributed by atoms with Crippen LogP contribution in [0.15, 0.2) is 31.0 Å². The molecule has 34 heavy (non-hydrogen) atoms. The molecule has 2 heterocycles. The molecular formula is C25H40N4O3Si2. The maximum atomic E-state index is 6.13. The molecule has 9 heteroatoms. The van der Waals surface area contributed by atoms with E-state index in [0.29, 0.717) is 13.5 Å². The summed E-state index contributed by atoms with van der Waals surface area (Å²) in [5.41, 5.74) is 3.52. The number of hydrogen-bond donors (Lipinski definition) is 0. The average molecular weight is 501 g/mol. The Labute approximate surface area is 205 Å². The van der Waals surface area contributed by atoms with Gasteiger partial charge in [-0.05, 0) is 24.2 Å². The Hall–Kier alpha value is -2.21. The molecule has 0 spiro atoms. The van der Waals surface area contributed by atoms with E-state index in [-0.39, 0.29) is 0 Å². The van der Waals surface area contributed by atoms with Gasteiger partial charge in [-0.1, -0.05) is 51.9 Å². The van der Waals surface area contributed by atoms with Crippen LogP contribution in [0.1, 0.15) is 5.56 Å². The number of rotatable bonds is 13. The van der Waals surface area contributed by atoms with Gasteiger partial charge >= 0.3 is 0 Å². The van der Waals surface area contributed by atoms with Crippen LogP contribution in [0.2, 0.25) is 51.4 Å². The van der Waals surface area contributed by atoms with Crippen molar-refractivity contribution in [1.29, 1.82) is 0 Å². The Kier molecular flexibility index (Phi) is 8.56. The van der Waals surface area contributed by atoms with Gasteiger partial charge in [0, 0.05) is 47.2 Å². The van der Waals surface area contributed by atoms with E-state index in [0.717, 1.165) is 59.2 Å². The Bertz CT molecular complexity index is 1110. The first-order valence-electron chi connectivity index (χ1n) is 11.9. The minimum Gasteiger partial charge on any atom is -0.497 e. The van der Waals surface area contributed by atoms with Crippen LogP contribution in [0, 0.1) is 0 Å². The van der Waals surface area contributed by atoms with Crippen molar-refractivity contribution in [1.82, 2.24) is 19.3 Å². The van der Waals surface area contributed by atoms with Crippen LogP contribution >= 0.6 is 0 Å². The second-order valence-electron chi connectivity index (χ2n) is 11.1. The normalized spacial score (nSPS) is 12.4. The van der Waals surface area contributed by atoms with Crippen molar-refractivity contribution in [3.63, 3.8) is 0 Å². The monoisotopic (exact) mass is 500 g/mol. The van der Waals surface area contributed by atoms with E-state index < -0.39 is 16.1 Å². The topological polar surface area (TPSA) is 63.3 Å². The van der Waals surface area contributed by atoms with Gasteiger partial charge < -0.3 is 14.2 Å². The van der Waals surface area contributed by atoms with E-state index in [1.165, 1.54) is 0 Å². The summed E-state index contributed by atoms with van der Waals surface area (Å²) in [5, 5.41) is 4.82. The summed E-state index contributed by atoms with van der Waals surface area (Å²) in [6.45, 7) is 20.4. The van der Waals surface area contributed by atoms with Crippen molar-refractivity contribution in [3.05, 3.63) is 36.5 Å². The molecule has 3 rings (SSSR count). The van der Waals surface area contributed by atoms with E-state index in [9.17, 15) is 0 Å². The van der Waals surface area contributed by atoms with Gasteiger partial charge in [0.05, 0.1) is 18.1 Å². The van der Waals surface area contributed by atoms with Crippen molar-refractivity contribution in [2.75, 3.05) is 20.3 Å². The van der Waals surface area contributed by atoms with Gasteiger partial charge in [-0.15, -0.1) is 0 Å². The number of aromatic nitrogens is 4. The van der Waals surface area contributed by atoms with E-state index >= 15 is 0 Å². The van der Waals surface area contributed by atoms with Gasteiger partial charge in [0.2, 0.25) is 0 Å². The lowest BCUT2D eigenvalue weighted by Gasteiger charge is -2.16. The lowest BCUT2D eigenvalue weighted by molar-refractivity contribution is 0.0786. The fraction of sp³-hybridized carbons (Fsp3) is 0.520. The minimum atomic E-state index is -1.17. The number of hydrogen-bond acceptors (Lipinski definition) is 5. The number of fused-ring (bicyclic) bond motifs is 1. The fourth-order valence-corrected chi connectivity index (χ4v) is 4.95. The van der Waals surface area contributed by atoms with Gasteiger partial charge in [0.25, 0.3) is 0 Å². The molecule has 1 aromatic carbocycles. The summed E-state index contributed by atoms with van der Waals surface area (Å²) in [7, 11) is -0.630. The molecule has 0 saturated heterocycles. The number of methoxy groups -OCH3 is 1. The summed E-state index contributed by atoms with van der Waals surface area (Å²) in [5.74, 6) is 1.54. The Morgan fingerprint density at radius 1 is 0.971 bits per heavy atom. The van der Waals surface area contributed by atoms with E-state index in [2.05, 4.69) is 50.4 Å². The molecule has 0 amide bonds. The molecule has 0 atom stereocenters. The number of nitrogens with zero attached hydrogens (tertiary/aromatic N) is 4. The quantitative estimate of drug-likeness (QED) is 0.207. The van der Waals surface area contributed by atoms with Crippen LogP contribution in [0.25, 0.3) is 28.6 Å². The Morgan fingerprint density at radius 3 is 2.21 bits per heavy atom. The molecule has 0 fully saturated rings. The molecule has 0 unspecified atom stereocenters. The van der Waals surface area contributed by atoms with Crippen molar-refractivity contribution in [3.8, 4) is 17.3 Å². The number of benzene rings is 1. The molecular weight excluding hydrogens is 460 g/mol. The summed E-state index contributed by atoms with van der Waals surface area (Å²) in [6, 6.07) is 8.13. The molecule has 2 aromatic heterocycles. The maximum Gasteiger partial charge on any atom is 0.164 e. The Balaban J connectivity index is 1.89. The van der Waals surface area contributed by atoms with Gasteiger partial charge in [-0.25, -0.2) is 9.67 Å². The van der Waals surface area contributed by atoms with E-state index in [1.54, 1.807) is 7.11 Å². The predicted molar refractivity (Wildman–Crippen MR) is 146 cm³/mol. The molecule has 0 radical (unpaired) electrons. The van der Waals surface area contributed by atoms with Gasteiger partial charge in [-0.3, -0.25) is 4.57 Å². The van der Waals surface area contributed by atoms with Crippen LogP contribution in [-0.4, -0.2) is 55.8 Å². The highest BCUT2D eigenvalue weighted by Gasteiger charge is 2.20. The Morgan fingerprint density at radius 2 is 1.62 bits per heavy atom. The van der Waals surface area contributed by atoms with Crippen LogP contribution in [0.5, 0.6) is 5.75 Å². The van der Waals surface area contributed by atoms with Crippen LogP contribution < -0.4 is 4.74 Å². The van der Waals surface area contributed by atoms with Crippen LogP contribution in [0.4, 0.5) is 0 Å². The van der Waals surface area contributed by atoms with Crippen molar-refractivity contribution < 1.29 is 14.2 Å². The second-order valence-corrected chi connectivity index (χ2v) is 22.3. The predicted octanol–water partition coefficient (Wildman–Crippen LogP) is 6.18. The second kappa shape index (κ2) is 11.0. The third kappa shape index (κ3) is 7.15. The smallest absolute Gasteiger partial charge is 0.164 e. The lowest BCUT2D eigenvalue weighted by Crippen LogP contribution is -2.22. The summed E-state index contributed by atoms with van der Waals surface area (Å²) >= 11 is 0. The zero-order chi connectivity index (χ0) is 24.9. The zero-order valence-electron chi connectivity index (χ0n) is 21.9. The summed E-state index contributed by atoms with van der Waals surface area (Å²) in [6.07, 6.45) is 3.78. The molecule has 3 aromatic rings. The molecule has 186 valence electrons. The zero-order valence-corrected chi connectivity index (χ0v) is 23.9. The average Bonchev–Trinajstić information content (AvgIpc) is 3.33. The number of imidazole rings is 1. The third-order valence-electron chi connectivity index (χ3n) is 5.61. The number of ether oxygens (including phenoxy) is 3.